The topological polar surface area (TPSA) is 52.3 Å². The Labute approximate surface area is 77.5 Å². The summed E-state index contributed by atoms with van der Waals surface area (Å²) in [4.78, 5) is 11.4. The van der Waals surface area contributed by atoms with Gasteiger partial charge in [-0.3, -0.25) is 4.79 Å². The van der Waals surface area contributed by atoms with Crippen LogP contribution in [0.25, 0.3) is 0 Å². The Kier molecular flexibility index (Phi) is 3.61. The lowest BCUT2D eigenvalue weighted by molar-refractivity contribution is 0.0546. The molecular weight excluding hydrogens is 166 g/mol. The summed E-state index contributed by atoms with van der Waals surface area (Å²) in [6.07, 6.45) is -0.396. The van der Waals surface area contributed by atoms with Crippen molar-refractivity contribution in [2.24, 2.45) is 5.73 Å². The van der Waals surface area contributed by atoms with Crippen molar-refractivity contribution in [1.29, 1.82) is 0 Å². The molecule has 2 N–H and O–H groups in total. The van der Waals surface area contributed by atoms with Gasteiger partial charge in [-0.1, -0.05) is 30.3 Å². The van der Waals surface area contributed by atoms with Gasteiger partial charge in [0.2, 0.25) is 0 Å². The molecule has 0 aliphatic carbocycles. The normalized spacial score (nSPS) is 12.5. The number of rotatable bonds is 4. The summed E-state index contributed by atoms with van der Waals surface area (Å²) in [5, 5.41) is 0. The van der Waals surface area contributed by atoms with Crippen LogP contribution in [0, 0.1) is 0 Å². The lowest BCUT2D eigenvalue weighted by atomic mass is 10.1. The molecule has 0 saturated carbocycles. The van der Waals surface area contributed by atoms with Gasteiger partial charge in [0.05, 0.1) is 0 Å². The van der Waals surface area contributed by atoms with E-state index in [2.05, 4.69) is 0 Å². The van der Waals surface area contributed by atoms with Crippen molar-refractivity contribution in [3.8, 4) is 0 Å². The van der Waals surface area contributed by atoms with E-state index in [0.717, 1.165) is 0 Å². The summed E-state index contributed by atoms with van der Waals surface area (Å²) in [6, 6.07) is 9.02. The molecule has 3 heteroatoms. The Hall–Kier alpha value is -1.19. The zero-order valence-corrected chi connectivity index (χ0v) is 7.57. The van der Waals surface area contributed by atoms with Crippen molar-refractivity contribution < 1.29 is 9.53 Å². The molecule has 1 aromatic rings. The highest BCUT2D eigenvalue weighted by molar-refractivity contribution is 5.96. The molecule has 0 radical (unpaired) electrons. The molecule has 1 rings (SSSR count). The maximum absolute atomic E-state index is 11.4. The standard InChI is InChI=1S/C10H13NO2/c1-8(11)13-7-10(12)9-5-3-2-4-6-9/h2-6,8H,7,11H2,1H3. The van der Waals surface area contributed by atoms with Gasteiger partial charge in [-0.2, -0.15) is 0 Å². The highest BCUT2D eigenvalue weighted by atomic mass is 16.5. The average molecular weight is 179 g/mol. The van der Waals surface area contributed by atoms with E-state index >= 15 is 0 Å². The van der Waals surface area contributed by atoms with Gasteiger partial charge >= 0.3 is 0 Å². The number of hydrogen-bond donors (Lipinski definition) is 1. The van der Waals surface area contributed by atoms with Gasteiger partial charge in [0, 0.05) is 5.56 Å². The van der Waals surface area contributed by atoms with Crippen LogP contribution in [-0.4, -0.2) is 18.6 Å². The van der Waals surface area contributed by atoms with Crippen molar-refractivity contribution in [2.75, 3.05) is 6.61 Å². The summed E-state index contributed by atoms with van der Waals surface area (Å²) < 4.78 is 4.99. The highest BCUT2D eigenvalue weighted by Crippen LogP contribution is 2.00. The van der Waals surface area contributed by atoms with Crippen molar-refractivity contribution in [2.45, 2.75) is 13.2 Å². The number of ether oxygens (including phenoxy) is 1. The third kappa shape index (κ3) is 3.36. The molecule has 0 saturated heterocycles. The summed E-state index contributed by atoms with van der Waals surface area (Å²) >= 11 is 0. The summed E-state index contributed by atoms with van der Waals surface area (Å²) in [7, 11) is 0. The van der Waals surface area contributed by atoms with Crippen LogP contribution >= 0.6 is 0 Å². The molecule has 0 bridgehead atoms. The zero-order chi connectivity index (χ0) is 9.68. The maximum Gasteiger partial charge on any atom is 0.188 e. The van der Waals surface area contributed by atoms with Crippen molar-refractivity contribution in [1.82, 2.24) is 0 Å². The predicted octanol–water partition coefficient (Wildman–Crippen LogP) is 1.19. The van der Waals surface area contributed by atoms with Crippen molar-refractivity contribution >= 4 is 5.78 Å². The van der Waals surface area contributed by atoms with E-state index in [9.17, 15) is 4.79 Å². The molecule has 0 spiro atoms. The van der Waals surface area contributed by atoms with Crippen LogP contribution in [0.4, 0.5) is 0 Å². The molecule has 0 aliphatic heterocycles. The SMILES string of the molecule is CC(N)OCC(=O)c1ccccc1. The number of benzene rings is 1. The fourth-order valence-corrected chi connectivity index (χ4v) is 0.915. The Morgan fingerprint density at radius 3 is 2.62 bits per heavy atom. The Morgan fingerprint density at radius 1 is 1.46 bits per heavy atom. The summed E-state index contributed by atoms with van der Waals surface area (Å²) in [6.45, 7) is 1.74. The lowest BCUT2D eigenvalue weighted by Gasteiger charge is -2.05. The van der Waals surface area contributed by atoms with Crippen molar-refractivity contribution in [3.63, 3.8) is 0 Å². The van der Waals surface area contributed by atoms with Crippen LogP contribution in [0.1, 0.15) is 17.3 Å². The third-order valence-electron chi connectivity index (χ3n) is 1.57. The average Bonchev–Trinajstić information content (AvgIpc) is 2.15. The summed E-state index contributed by atoms with van der Waals surface area (Å²) in [5.74, 6) is -0.0436. The van der Waals surface area contributed by atoms with E-state index in [-0.39, 0.29) is 12.4 Å². The summed E-state index contributed by atoms with van der Waals surface area (Å²) in [5.41, 5.74) is 6.00. The van der Waals surface area contributed by atoms with Crippen LogP contribution in [0.15, 0.2) is 30.3 Å². The van der Waals surface area contributed by atoms with Crippen LogP contribution in [0.5, 0.6) is 0 Å². The molecule has 13 heavy (non-hydrogen) atoms. The first-order valence-electron chi connectivity index (χ1n) is 4.15. The Balaban J connectivity index is 2.50. The van der Waals surface area contributed by atoms with E-state index < -0.39 is 6.23 Å². The third-order valence-corrected chi connectivity index (χ3v) is 1.57. The molecule has 3 nitrogen and oxygen atoms in total. The first-order valence-corrected chi connectivity index (χ1v) is 4.15. The van der Waals surface area contributed by atoms with Gasteiger partial charge in [0.25, 0.3) is 0 Å². The molecule has 1 aromatic carbocycles. The number of carbonyl (C=O) groups is 1. The second-order valence-electron chi connectivity index (χ2n) is 2.81. The molecule has 1 unspecified atom stereocenters. The minimum Gasteiger partial charge on any atom is -0.356 e. The number of Topliss-reactive ketones (excluding diaryl/α,β-unsaturated/α-hetero) is 1. The van der Waals surface area contributed by atoms with Gasteiger partial charge in [-0.15, -0.1) is 0 Å². The van der Waals surface area contributed by atoms with Crippen LogP contribution < -0.4 is 5.73 Å². The fraction of sp³-hybridized carbons (Fsp3) is 0.300. The molecule has 0 heterocycles. The fourth-order valence-electron chi connectivity index (χ4n) is 0.915. The van der Waals surface area contributed by atoms with Gasteiger partial charge in [0.15, 0.2) is 5.78 Å². The smallest absolute Gasteiger partial charge is 0.188 e. The first-order chi connectivity index (χ1) is 6.20. The monoisotopic (exact) mass is 179 g/mol. The van der Waals surface area contributed by atoms with E-state index in [4.69, 9.17) is 10.5 Å². The van der Waals surface area contributed by atoms with Crippen LogP contribution in [-0.2, 0) is 4.74 Å². The largest absolute Gasteiger partial charge is 0.356 e. The molecule has 70 valence electrons. The minimum absolute atomic E-state index is 0.0433. The highest BCUT2D eigenvalue weighted by Gasteiger charge is 2.05. The molecule has 0 aromatic heterocycles. The quantitative estimate of drug-likeness (QED) is 0.558. The zero-order valence-electron chi connectivity index (χ0n) is 7.57. The molecule has 0 fully saturated rings. The van der Waals surface area contributed by atoms with E-state index in [1.165, 1.54) is 0 Å². The Morgan fingerprint density at radius 2 is 2.08 bits per heavy atom. The van der Waals surface area contributed by atoms with Gasteiger partial charge in [-0.05, 0) is 6.92 Å². The lowest BCUT2D eigenvalue weighted by Crippen LogP contribution is -2.23. The molecule has 0 amide bonds. The van der Waals surface area contributed by atoms with Gasteiger partial charge in [0.1, 0.15) is 12.8 Å². The second kappa shape index (κ2) is 4.74. The number of hydrogen-bond acceptors (Lipinski definition) is 3. The molecule has 0 aliphatic rings. The minimum atomic E-state index is -0.396. The maximum atomic E-state index is 11.4. The van der Waals surface area contributed by atoms with Crippen molar-refractivity contribution in [3.05, 3.63) is 35.9 Å². The first kappa shape index (κ1) is 9.89. The molecule has 1 atom stereocenters. The number of ketones is 1. The number of carbonyl (C=O) groups excluding carboxylic acids is 1. The van der Waals surface area contributed by atoms with Gasteiger partial charge < -0.3 is 10.5 Å². The number of nitrogens with two attached hydrogens (primary N) is 1. The molecular formula is C10H13NO2. The van der Waals surface area contributed by atoms with E-state index in [1.54, 1.807) is 19.1 Å². The van der Waals surface area contributed by atoms with Crippen LogP contribution in [0.2, 0.25) is 0 Å². The second-order valence-corrected chi connectivity index (χ2v) is 2.81. The van der Waals surface area contributed by atoms with Gasteiger partial charge in [-0.25, -0.2) is 0 Å². The van der Waals surface area contributed by atoms with Crippen LogP contribution in [0.3, 0.4) is 0 Å². The van der Waals surface area contributed by atoms with E-state index in [1.807, 2.05) is 18.2 Å². The van der Waals surface area contributed by atoms with E-state index in [0.29, 0.717) is 5.56 Å². The predicted molar refractivity (Wildman–Crippen MR) is 50.4 cm³/mol. The Bertz CT molecular complexity index is 270.